The molecule has 0 spiro atoms. The second-order valence-electron chi connectivity index (χ2n) is 11.7. The maximum Gasteiger partial charge on any atom is 0.408 e. The van der Waals surface area contributed by atoms with Crippen LogP contribution in [0.2, 0.25) is 0 Å². The molecule has 214 valence electrons. The highest BCUT2D eigenvalue weighted by Crippen LogP contribution is 2.27. The fourth-order valence-corrected chi connectivity index (χ4v) is 4.47. The van der Waals surface area contributed by atoms with Gasteiger partial charge < -0.3 is 20.3 Å². The van der Waals surface area contributed by atoms with Crippen LogP contribution in [-0.2, 0) is 14.3 Å². The van der Waals surface area contributed by atoms with E-state index >= 15 is 0 Å². The molecule has 0 aromatic heterocycles. The topological polar surface area (TPSA) is 87.7 Å². The van der Waals surface area contributed by atoms with Crippen molar-refractivity contribution in [3.8, 4) is 0 Å². The van der Waals surface area contributed by atoms with Gasteiger partial charge in [0, 0.05) is 12.2 Å². The van der Waals surface area contributed by atoms with Gasteiger partial charge in [-0.3, -0.25) is 9.59 Å². The molecule has 2 rings (SSSR count). The molecule has 2 N–H and O–H groups in total. The van der Waals surface area contributed by atoms with E-state index in [9.17, 15) is 14.4 Å². The smallest absolute Gasteiger partial charge is 0.408 e. The molecule has 0 aliphatic carbocycles. The first kappa shape index (κ1) is 31.9. The van der Waals surface area contributed by atoms with Crippen LogP contribution in [0.5, 0.6) is 0 Å². The molecular formula is C32H47N3O4. The van der Waals surface area contributed by atoms with Crippen LogP contribution in [0.3, 0.4) is 0 Å². The average molecular weight is 538 g/mol. The van der Waals surface area contributed by atoms with Gasteiger partial charge in [-0.1, -0.05) is 81.6 Å². The molecule has 2 aromatic carbocycles. The van der Waals surface area contributed by atoms with E-state index in [0.717, 1.165) is 36.0 Å². The van der Waals surface area contributed by atoms with Gasteiger partial charge in [0.2, 0.25) is 5.91 Å². The number of hydrogen-bond acceptors (Lipinski definition) is 4. The number of unbranched alkanes of at least 4 members (excludes halogenated alkanes) is 2. The van der Waals surface area contributed by atoms with E-state index in [1.165, 1.54) is 0 Å². The third-order valence-electron chi connectivity index (χ3n) is 6.30. The van der Waals surface area contributed by atoms with Crippen LogP contribution in [0.4, 0.5) is 10.5 Å². The largest absolute Gasteiger partial charge is 0.444 e. The zero-order valence-corrected chi connectivity index (χ0v) is 25.0. The Morgan fingerprint density at radius 3 is 2.26 bits per heavy atom. The summed E-state index contributed by atoms with van der Waals surface area (Å²) < 4.78 is 5.48. The summed E-state index contributed by atoms with van der Waals surface area (Å²) in [5, 5.41) is 5.87. The Morgan fingerprint density at radius 2 is 1.67 bits per heavy atom. The van der Waals surface area contributed by atoms with Gasteiger partial charge in [-0.15, -0.1) is 0 Å². The molecule has 0 radical (unpaired) electrons. The highest BCUT2D eigenvalue weighted by molar-refractivity contribution is 5.99. The van der Waals surface area contributed by atoms with Crippen molar-refractivity contribution < 1.29 is 19.1 Å². The number of carbonyl (C=O) groups is 3. The number of anilines is 1. The Balaban J connectivity index is 2.54. The SMILES string of the molecule is CCCCCN(C(=O)C(CC(C)C)NC(=O)OC(C)(C)C)C(C(=O)Nc1ccccc1C)c1cccc(C)c1. The third kappa shape index (κ3) is 10.4. The number of carbonyl (C=O) groups excluding carboxylic acids is 3. The van der Waals surface area contributed by atoms with Crippen LogP contribution in [0, 0.1) is 19.8 Å². The van der Waals surface area contributed by atoms with E-state index in [1.807, 2.05) is 76.2 Å². The number of hydrogen-bond donors (Lipinski definition) is 2. The summed E-state index contributed by atoms with van der Waals surface area (Å²) in [6.45, 7) is 15.7. The lowest BCUT2D eigenvalue weighted by molar-refractivity contribution is -0.141. The molecule has 2 atom stereocenters. The van der Waals surface area contributed by atoms with Gasteiger partial charge in [0.05, 0.1) is 0 Å². The minimum Gasteiger partial charge on any atom is -0.444 e. The summed E-state index contributed by atoms with van der Waals surface area (Å²) in [7, 11) is 0. The van der Waals surface area contributed by atoms with E-state index in [2.05, 4.69) is 17.6 Å². The van der Waals surface area contributed by atoms with E-state index in [1.54, 1.807) is 25.7 Å². The van der Waals surface area contributed by atoms with Crippen molar-refractivity contribution in [3.63, 3.8) is 0 Å². The Kier molecular flexibility index (Phi) is 12.0. The van der Waals surface area contributed by atoms with Crippen LogP contribution in [0.1, 0.15) is 90.0 Å². The Labute approximate surface area is 234 Å². The first-order valence-corrected chi connectivity index (χ1v) is 14.1. The molecule has 0 aliphatic heterocycles. The first-order valence-electron chi connectivity index (χ1n) is 14.1. The number of amides is 3. The minimum absolute atomic E-state index is 0.129. The summed E-state index contributed by atoms with van der Waals surface area (Å²) in [4.78, 5) is 42.7. The average Bonchev–Trinajstić information content (AvgIpc) is 2.82. The highest BCUT2D eigenvalue weighted by Gasteiger charge is 2.36. The molecule has 0 heterocycles. The molecule has 7 nitrogen and oxygen atoms in total. The number of aryl methyl sites for hydroxylation is 2. The molecule has 0 aliphatic rings. The summed E-state index contributed by atoms with van der Waals surface area (Å²) in [6, 6.07) is 13.6. The first-order chi connectivity index (χ1) is 18.3. The molecule has 0 fully saturated rings. The third-order valence-corrected chi connectivity index (χ3v) is 6.30. The van der Waals surface area contributed by atoms with Crippen molar-refractivity contribution in [2.45, 2.75) is 98.8 Å². The molecule has 39 heavy (non-hydrogen) atoms. The molecule has 0 saturated heterocycles. The van der Waals surface area contributed by atoms with Gasteiger partial charge in [0.1, 0.15) is 17.7 Å². The second kappa shape index (κ2) is 14.7. The Bertz CT molecular complexity index is 1110. The molecule has 0 bridgehead atoms. The van der Waals surface area contributed by atoms with E-state index in [-0.39, 0.29) is 17.7 Å². The fourth-order valence-electron chi connectivity index (χ4n) is 4.47. The summed E-state index contributed by atoms with van der Waals surface area (Å²) in [5.74, 6) is -0.456. The zero-order valence-electron chi connectivity index (χ0n) is 25.0. The van der Waals surface area contributed by atoms with Crippen molar-refractivity contribution in [1.29, 1.82) is 0 Å². The van der Waals surface area contributed by atoms with E-state index < -0.39 is 23.8 Å². The molecule has 3 amide bonds. The van der Waals surface area contributed by atoms with Gasteiger partial charge in [0.15, 0.2) is 0 Å². The van der Waals surface area contributed by atoms with Crippen molar-refractivity contribution in [2.75, 3.05) is 11.9 Å². The lowest BCUT2D eigenvalue weighted by atomic mass is 9.97. The second-order valence-corrected chi connectivity index (χ2v) is 11.7. The van der Waals surface area contributed by atoms with Gasteiger partial charge in [-0.05, 0) is 70.6 Å². The highest BCUT2D eigenvalue weighted by atomic mass is 16.6. The van der Waals surface area contributed by atoms with Crippen LogP contribution in [0.25, 0.3) is 0 Å². The maximum absolute atomic E-state index is 14.3. The van der Waals surface area contributed by atoms with Gasteiger partial charge >= 0.3 is 6.09 Å². The number of alkyl carbamates (subject to hydrolysis) is 1. The van der Waals surface area contributed by atoms with Crippen LogP contribution >= 0.6 is 0 Å². The number of ether oxygens (including phenoxy) is 1. The number of para-hydroxylation sites is 1. The van der Waals surface area contributed by atoms with E-state index in [0.29, 0.717) is 18.7 Å². The molecule has 0 saturated carbocycles. The molecule has 2 unspecified atom stereocenters. The van der Waals surface area contributed by atoms with Crippen LogP contribution < -0.4 is 10.6 Å². The predicted molar refractivity (Wildman–Crippen MR) is 158 cm³/mol. The number of benzene rings is 2. The van der Waals surface area contributed by atoms with Crippen molar-refractivity contribution >= 4 is 23.6 Å². The summed E-state index contributed by atoms with van der Waals surface area (Å²) in [5.41, 5.74) is 2.65. The fraction of sp³-hybridized carbons (Fsp3) is 0.531. The Hall–Kier alpha value is -3.35. The summed E-state index contributed by atoms with van der Waals surface area (Å²) >= 11 is 0. The van der Waals surface area contributed by atoms with Crippen LogP contribution in [0.15, 0.2) is 48.5 Å². The quantitative estimate of drug-likeness (QED) is 0.287. The number of nitrogens with zero attached hydrogens (tertiary/aromatic N) is 1. The summed E-state index contributed by atoms with van der Waals surface area (Å²) in [6.07, 6.45) is 2.40. The lowest BCUT2D eigenvalue weighted by Crippen LogP contribution is -2.53. The van der Waals surface area contributed by atoms with E-state index in [4.69, 9.17) is 4.74 Å². The standard InChI is InChI=1S/C32H47N3O4/c1-9-10-13-19-35(30(37)27(20-22(2)3)34-31(38)39-32(6,7)8)28(25-17-14-15-23(4)21-25)29(36)33-26-18-12-11-16-24(26)5/h11-12,14-18,21-22,27-28H,9-10,13,19-20H2,1-8H3,(H,33,36)(H,34,38). The lowest BCUT2D eigenvalue weighted by Gasteiger charge is -2.35. The van der Waals surface area contributed by atoms with Crippen LogP contribution in [-0.4, -0.2) is 41.0 Å². The number of nitrogens with one attached hydrogen (secondary N) is 2. The normalized spacial score (nSPS) is 12.9. The molecule has 2 aromatic rings. The van der Waals surface area contributed by atoms with Crippen molar-refractivity contribution in [2.24, 2.45) is 5.92 Å². The molecular weight excluding hydrogens is 490 g/mol. The van der Waals surface area contributed by atoms with Crippen molar-refractivity contribution in [3.05, 3.63) is 65.2 Å². The van der Waals surface area contributed by atoms with Gasteiger partial charge in [0.25, 0.3) is 5.91 Å². The minimum atomic E-state index is -0.871. The number of rotatable bonds is 12. The predicted octanol–water partition coefficient (Wildman–Crippen LogP) is 6.94. The van der Waals surface area contributed by atoms with Gasteiger partial charge in [-0.25, -0.2) is 4.79 Å². The van der Waals surface area contributed by atoms with Crippen molar-refractivity contribution in [1.82, 2.24) is 10.2 Å². The molecule has 7 heteroatoms. The Morgan fingerprint density at radius 1 is 0.974 bits per heavy atom. The maximum atomic E-state index is 14.3. The zero-order chi connectivity index (χ0) is 29.2. The monoisotopic (exact) mass is 537 g/mol. The van der Waals surface area contributed by atoms with Gasteiger partial charge in [-0.2, -0.15) is 0 Å².